The zero-order chi connectivity index (χ0) is 8.81. The minimum atomic E-state index is 0.485. The third-order valence-electron chi connectivity index (χ3n) is 1.35. The maximum atomic E-state index is 5.31. The quantitative estimate of drug-likeness (QED) is 0.662. The summed E-state index contributed by atoms with van der Waals surface area (Å²) in [5.74, 6) is 0. The summed E-state index contributed by atoms with van der Waals surface area (Å²) in [5.41, 5.74) is 6.44. The molecule has 3 N–H and O–H groups in total. The summed E-state index contributed by atoms with van der Waals surface area (Å²) in [7, 11) is 0. The molecule has 0 spiro atoms. The highest BCUT2D eigenvalue weighted by molar-refractivity contribution is 7.80. The second-order valence-corrected chi connectivity index (χ2v) is 2.96. The van der Waals surface area contributed by atoms with Crippen molar-refractivity contribution >= 4 is 17.2 Å². The van der Waals surface area contributed by atoms with Crippen LogP contribution in [-0.2, 0) is 6.54 Å². The van der Waals surface area contributed by atoms with Gasteiger partial charge in [-0.1, -0.05) is 18.3 Å². The summed E-state index contributed by atoms with van der Waals surface area (Å²) in [6.07, 6.45) is 3.56. The molecule has 0 fully saturated rings. The molecule has 3 nitrogen and oxygen atoms in total. The standard InChI is InChI=1S/C8H11N3S/c9-8(12)6-11-5-7-2-1-3-10-4-7/h1-4,11H,5-6H2,(H2,9,12). The molecule has 0 radical (unpaired) electrons. The number of aromatic nitrogens is 1. The zero-order valence-electron chi connectivity index (χ0n) is 6.66. The van der Waals surface area contributed by atoms with E-state index >= 15 is 0 Å². The summed E-state index contributed by atoms with van der Waals surface area (Å²) in [4.78, 5) is 4.46. The lowest BCUT2D eigenvalue weighted by Gasteiger charge is -2.01. The number of nitrogens with two attached hydrogens (primary N) is 1. The van der Waals surface area contributed by atoms with E-state index in [-0.39, 0.29) is 0 Å². The van der Waals surface area contributed by atoms with Gasteiger partial charge in [-0.25, -0.2) is 0 Å². The molecule has 1 aromatic rings. The Morgan fingerprint density at radius 1 is 1.67 bits per heavy atom. The van der Waals surface area contributed by atoms with Crippen LogP contribution in [0.15, 0.2) is 24.5 Å². The normalized spacial score (nSPS) is 9.67. The molecule has 0 aliphatic rings. The van der Waals surface area contributed by atoms with Crippen LogP contribution in [0.25, 0.3) is 0 Å². The first-order valence-electron chi connectivity index (χ1n) is 3.67. The number of hydrogen-bond donors (Lipinski definition) is 2. The Morgan fingerprint density at radius 2 is 2.50 bits per heavy atom. The molecule has 1 aromatic heterocycles. The first-order chi connectivity index (χ1) is 5.79. The van der Waals surface area contributed by atoms with E-state index in [2.05, 4.69) is 10.3 Å². The van der Waals surface area contributed by atoms with Gasteiger partial charge in [0, 0.05) is 25.5 Å². The molecule has 0 amide bonds. The molecule has 0 unspecified atom stereocenters. The summed E-state index contributed by atoms with van der Waals surface area (Å²) in [6.45, 7) is 1.33. The molecule has 4 heteroatoms. The molecule has 12 heavy (non-hydrogen) atoms. The summed E-state index contributed by atoms with van der Waals surface area (Å²) in [5, 5.41) is 3.09. The lowest BCUT2D eigenvalue weighted by Crippen LogP contribution is -2.26. The molecule has 1 heterocycles. The molecular weight excluding hydrogens is 170 g/mol. The SMILES string of the molecule is NC(=S)CNCc1cccnc1. The van der Waals surface area contributed by atoms with Crippen LogP contribution < -0.4 is 11.1 Å². The van der Waals surface area contributed by atoms with Crippen molar-refractivity contribution in [1.82, 2.24) is 10.3 Å². The van der Waals surface area contributed by atoms with E-state index < -0.39 is 0 Å². The molecule has 0 atom stereocenters. The van der Waals surface area contributed by atoms with Crippen molar-refractivity contribution in [3.05, 3.63) is 30.1 Å². The fourth-order valence-electron chi connectivity index (χ4n) is 0.833. The van der Waals surface area contributed by atoms with Gasteiger partial charge >= 0.3 is 0 Å². The van der Waals surface area contributed by atoms with Gasteiger partial charge in [0.2, 0.25) is 0 Å². The van der Waals surface area contributed by atoms with Crippen molar-refractivity contribution in [2.75, 3.05) is 6.54 Å². The van der Waals surface area contributed by atoms with Gasteiger partial charge in [0.1, 0.15) is 0 Å². The molecule has 0 aliphatic carbocycles. The van der Waals surface area contributed by atoms with E-state index in [1.165, 1.54) is 0 Å². The van der Waals surface area contributed by atoms with Crippen LogP contribution in [0, 0.1) is 0 Å². The van der Waals surface area contributed by atoms with Gasteiger partial charge in [-0.2, -0.15) is 0 Å². The van der Waals surface area contributed by atoms with Crippen LogP contribution in [0.2, 0.25) is 0 Å². The van der Waals surface area contributed by atoms with E-state index in [9.17, 15) is 0 Å². The van der Waals surface area contributed by atoms with Crippen LogP contribution in [0.1, 0.15) is 5.56 Å². The number of nitrogens with zero attached hydrogens (tertiary/aromatic N) is 1. The molecule has 0 saturated carbocycles. The van der Waals surface area contributed by atoms with E-state index in [1.807, 2.05) is 18.3 Å². The maximum Gasteiger partial charge on any atom is 0.0867 e. The Bertz CT molecular complexity index is 248. The Kier molecular flexibility index (Phi) is 3.63. The van der Waals surface area contributed by atoms with Crippen LogP contribution >= 0.6 is 12.2 Å². The number of rotatable bonds is 4. The molecule has 64 valence electrons. The average Bonchev–Trinajstić information content (AvgIpc) is 2.05. The predicted molar refractivity (Wildman–Crippen MR) is 52.7 cm³/mol. The first-order valence-corrected chi connectivity index (χ1v) is 4.08. The van der Waals surface area contributed by atoms with Crippen molar-refractivity contribution in [2.45, 2.75) is 6.54 Å². The highest BCUT2D eigenvalue weighted by Gasteiger charge is 1.91. The molecule has 0 bridgehead atoms. The third-order valence-corrected chi connectivity index (χ3v) is 1.50. The summed E-state index contributed by atoms with van der Waals surface area (Å²) in [6, 6.07) is 3.90. The van der Waals surface area contributed by atoms with Crippen LogP contribution in [0.4, 0.5) is 0 Å². The Hall–Kier alpha value is -1.00. The Balaban J connectivity index is 2.29. The lowest BCUT2D eigenvalue weighted by atomic mass is 10.3. The van der Waals surface area contributed by atoms with Crippen LogP contribution in [-0.4, -0.2) is 16.5 Å². The number of pyridine rings is 1. The van der Waals surface area contributed by atoms with Gasteiger partial charge in [0.15, 0.2) is 0 Å². The maximum absolute atomic E-state index is 5.31. The number of thiocarbonyl (C=S) groups is 1. The van der Waals surface area contributed by atoms with Crippen molar-refractivity contribution in [3.63, 3.8) is 0 Å². The minimum Gasteiger partial charge on any atom is -0.392 e. The van der Waals surface area contributed by atoms with Crippen molar-refractivity contribution in [3.8, 4) is 0 Å². The molecule has 0 saturated heterocycles. The number of hydrogen-bond acceptors (Lipinski definition) is 3. The number of nitrogens with one attached hydrogen (secondary N) is 1. The average molecular weight is 181 g/mol. The fourth-order valence-corrected chi connectivity index (χ4v) is 0.935. The summed E-state index contributed by atoms with van der Waals surface area (Å²) < 4.78 is 0. The van der Waals surface area contributed by atoms with Crippen LogP contribution in [0.3, 0.4) is 0 Å². The van der Waals surface area contributed by atoms with Crippen molar-refractivity contribution in [2.24, 2.45) is 5.73 Å². The monoisotopic (exact) mass is 181 g/mol. The summed E-state index contributed by atoms with van der Waals surface area (Å²) >= 11 is 4.71. The van der Waals surface area contributed by atoms with Crippen molar-refractivity contribution in [1.29, 1.82) is 0 Å². The van der Waals surface area contributed by atoms with E-state index in [0.717, 1.165) is 12.1 Å². The fraction of sp³-hybridized carbons (Fsp3) is 0.250. The Morgan fingerprint density at radius 3 is 3.08 bits per heavy atom. The topological polar surface area (TPSA) is 50.9 Å². The second kappa shape index (κ2) is 4.79. The third kappa shape index (κ3) is 3.41. The van der Waals surface area contributed by atoms with Gasteiger partial charge < -0.3 is 11.1 Å². The second-order valence-electron chi connectivity index (χ2n) is 2.43. The molecule has 1 rings (SSSR count). The van der Waals surface area contributed by atoms with Crippen molar-refractivity contribution < 1.29 is 0 Å². The zero-order valence-corrected chi connectivity index (χ0v) is 7.47. The molecule has 0 aliphatic heterocycles. The van der Waals surface area contributed by atoms with Gasteiger partial charge in [-0.15, -0.1) is 0 Å². The van der Waals surface area contributed by atoms with Gasteiger partial charge in [0.05, 0.1) is 4.99 Å². The van der Waals surface area contributed by atoms with Crippen LogP contribution in [0.5, 0.6) is 0 Å². The minimum absolute atomic E-state index is 0.485. The highest BCUT2D eigenvalue weighted by Crippen LogP contribution is 1.93. The largest absolute Gasteiger partial charge is 0.392 e. The molecule has 0 aromatic carbocycles. The van der Waals surface area contributed by atoms with Gasteiger partial charge in [-0.05, 0) is 11.6 Å². The van der Waals surface area contributed by atoms with Gasteiger partial charge in [-0.3, -0.25) is 4.98 Å². The van der Waals surface area contributed by atoms with E-state index in [0.29, 0.717) is 11.5 Å². The Labute approximate surface area is 77.0 Å². The van der Waals surface area contributed by atoms with Gasteiger partial charge in [0.25, 0.3) is 0 Å². The lowest BCUT2D eigenvalue weighted by molar-refractivity contribution is 0.774. The van der Waals surface area contributed by atoms with E-state index in [4.69, 9.17) is 18.0 Å². The highest BCUT2D eigenvalue weighted by atomic mass is 32.1. The van der Waals surface area contributed by atoms with E-state index in [1.54, 1.807) is 6.20 Å². The smallest absolute Gasteiger partial charge is 0.0867 e. The molecular formula is C8H11N3S. The first kappa shape index (κ1) is 9.09. The predicted octanol–water partition coefficient (Wildman–Crippen LogP) is 0.457.